The van der Waals surface area contributed by atoms with Crippen molar-refractivity contribution in [3.05, 3.63) is 114 Å². The number of carbonyl (C=O) groups is 1. The first kappa shape index (κ1) is 21.6. The number of pyridine rings is 1. The molecule has 0 aliphatic heterocycles. The van der Waals surface area contributed by atoms with Crippen LogP contribution in [0.2, 0.25) is 0 Å². The fourth-order valence-corrected chi connectivity index (χ4v) is 5.00. The van der Waals surface area contributed by atoms with E-state index in [4.69, 9.17) is 0 Å². The van der Waals surface area contributed by atoms with Gasteiger partial charge in [0.25, 0.3) is 5.91 Å². The fourth-order valence-electron chi connectivity index (χ4n) is 3.63. The molecule has 0 unspecified atom stereocenters. The van der Waals surface area contributed by atoms with Gasteiger partial charge < -0.3 is 9.72 Å². The summed E-state index contributed by atoms with van der Waals surface area (Å²) >= 11 is 0. The molecule has 2 aromatic carbocycles. The minimum Gasteiger partial charge on any atom is -0.319 e. The van der Waals surface area contributed by atoms with E-state index >= 15 is 0 Å². The van der Waals surface area contributed by atoms with Crippen LogP contribution in [0.5, 0.6) is 0 Å². The van der Waals surface area contributed by atoms with E-state index in [1.807, 2.05) is 35.0 Å². The summed E-state index contributed by atoms with van der Waals surface area (Å²) in [5.74, 6) is -0.431. The Bertz CT molecular complexity index is 1520. The van der Waals surface area contributed by atoms with E-state index in [1.54, 1.807) is 71.7 Å². The summed E-state index contributed by atoms with van der Waals surface area (Å²) in [6, 6.07) is 20.7. The molecule has 8 nitrogen and oxygen atoms in total. The Morgan fingerprint density at radius 3 is 2.44 bits per heavy atom. The number of nitrogens with one attached hydrogen (secondary N) is 1. The first-order valence-corrected chi connectivity index (χ1v) is 12.2. The maximum atomic E-state index is 12.6. The van der Waals surface area contributed by atoms with E-state index in [9.17, 15) is 13.2 Å². The molecule has 0 saturated heterocycles. The number of nitrogens with zero attached hydrogens (tertiary/aromatic N) is 4. The van der Waals surface area contributed by atoms with Crippen LogP contribution in [0, 0.1) is 0 Å². The average molecular weight is 472 g/mol. The predicted molar refractivity (Wildman–Crippen MR) is 128 cm³/mol. The van der Waals surface area contributed by atoms with Crippen LogP contribution in [0.3, 0.4) is 0 Å². The van der Waals surface area contributed by atoms with Gasteiger partial charge in [0.1, 0.15) is 5.65 Å². The van der Waals surface area contributed by atoms with Crippen molar-refractivity contribution in [1.29, 1.82) is 0 Å². The van der Waals surface area contributed by atoms with E-state index in [1.165, 1.54) is 0 Å². The Morgan fingerprint density at radius 2 is 1.68 bits per heavy atom. The number of amides is 1. The molecule has 0 spiro atoms. The quantitative estimate of drug-likeness (QED) is 0.389. The van der Waals surface area contributed by atoms with Gasteiger partial charge in [-0.2, -0.15) is 5.10 Å². The van der Waals surface area contributed by atoms with E-state index < -0.39 is 9.84 Å². The van der Waals surface area contributed by atoms with Crippen molar-refractivity contribution in [2.24, 2.45) is 0 Å². The predicted octanol–water partition coefficient (Wildman–Crippen LogP) is 3.81. The summed E-state index contributed by atoms with van der Waals surface area (Å²) in [5.41, 5.74) is 3.31. The highest BCUT2D eigenvalue weighted by atomic mass is 32.2. The van der Waals surface area contributed by atoms with Gasteiger partial charge in [-0.05, 0) is 42.0 Å². The van der Waals surface area contributed by atoms with Gasteiger partial charge in [-0.25, -0.2) is 13.4 Å². The largest absolute Gasteiger partial charge is 0.319 e. The summed E-state index contributed by atoms with van der Waals surface area (Å²) in [6.45, 7) is 0.474. The standard InChI is InChI=1S/C25H21N5O3S/c31-25(20-11-9-19(10-12-20)18-34(32,33)23-6-2-1-3-7-23)28-21-14-26-30(16-21)17-22-15-29-13-5-4-8-24(29)27-22/h1-16H,17-18H2,(H,28,31). The zero-order chi connectivity index (χ0) is 23.5. The molecule has 0 atom stereocenters. The van der Waals surface area contributed by atoms with Gasteiger partial charge in [0, 0.05) is 24.2 Å². The first-order chi connectivity index (χ1) is 16.5. The third-order valence-corrected chi connectivity index (χ3v) is 7.01. The summed E-state index contributed by atoms with van der Waals surface area (Å²) in [6.07, 6.45) is 7.19. The first-order valence-electron chi connectivity index (χ1n) is 10.6. The third kappa shape index (κ3) is 4.74. The molecule has 1 amide bonds. The van der Waals surface area contributed by atoms with Crippen LogP contribution in [0.15, 0.2) is 102 Å². The molecule has 3 aromatic heterocycles. The zero-order valence-electron chi connectivity index (χ0n) is 18.1. The number of aromatic nitrogens is 4. The van der Waals surface area contributed by atoms with Crippen LogP contribution < -0.4 is 5.32 Å². The number of imidazole rings is 1. The minimum absolute atomic E-state index is 0.130. The molecule has 9 heteroatoms. The topological polar surface area (TPSA) is 98.4 Å². The maximum absolute atomic E-state index is 12.6. The molecule has 170 valence electrons. The van der Waals surface area contributed by atoms with Gasteiger partial charge in [0.05, 0.1) is 34.8 Å². The Morgan fingerprint density at radius 1 is 0.912 bits per heavy atom. The van der Waals surface area contributed by atoms with Crippen molar-refractivity contribution < 1.29 is 13.2 Å². The van der Waals surface area contributed by atoms with E-state index in [0.717, 1.165) is 11.3 Å². The molecule has 34 heavy (non-hydrogen) atoms. The third-order valence-electron chi connectivity index (χ3n) is 5.30. The van der Waals surface area contributed by atoms with E-state index in [-0.39, 0.29) is 16.6 Å². The summed E-state index contributed by atoms with van der Waals surface area (Å²) < 4.78 is 28.7. The van der Waals surface area contributed by atoms with E-state index in [2.05, 4.69) is 15.4 Å². The molecule has 0 radical (unpaired) electrons. The average Bonchev–Trinajstić information content (AvgIpc) is 3.46. The molecule has 3 heterocycles. The van der Waals surface area contributed by atoms with Crippen LogP contribution in [0.1, 0.15) is 21.6 Å². The van der Waals surface area contributed by atoms with Gasteiger partial charge in [-0.3, -0.25) is 9.48 Å². The second-order valence-corrected chi connectivity index (χ2v) is 9.84. The fraction of sp³-hybridized carbons (Fsp3) is 0.0800. The molecular weight excluding hydrogens is 450 g/mol. The van der Waals surface area contributed by atoms with Crippen LogP contribution >= 0.6 is 0 Å². The van der Waals surface area contributed by atoms with Crippen molar-refractivity contribution in [3.63, 3.8) is 0 Å². The SMILES string of the molecule is O=C(Nc1cnn(Cc2cn3ccccc3n2)c1)c1ccc(CS(=O)(=O)c2ccccc2)cc1. The van der Waals surface area contributed by atoms with Crippen LogP contribution in [-0.2, 0) is 22.1 Å². The van der Waals surface area contributed by atoms with Crippen molar-refractivity contribution in [2.75, 3.05) is 5.32 Å². The lowest BCUT2D eigenvalue weighted by atomic mass is 10.1. The number of anilines is 1. The Balaban J connectivity index is 1.22. The summed E-state index contributed by atoms with van der Waals surface area (Å²) in [4.78, 5) is 17.5. The molecule has 0 aliphatic rings. The van der Waals surface area contributed by atoms with Gasteiger partial charge in [0.2, 0.25) is 0 Å². The van der Waals surface area contributed by atoms with Gasteiger partial charge in [-0.15, -0.1) is 0 Å². The number of hydrogen-bond donors (Lipinski definition) is 1. The number of carbonyl (C=O) groups excluding carboxylic acids is 1. The number of hydrogen-bond acceptors (Lipinski definition) is 5. The second-order valence-electron chi connectivity index (χ2n) is 7.85. The van der Waals surface area contributed by atoms with E-state index in [0.29, 0.717) is 23.4 Å². The number of fused-ring (bicyclic) bond motifs is 1. The molecule has 1 N–H and O–H groups in total. The molecule has 0 aliphatic carbocycles. The molecule has 0 bridgehead atoms. The highest BCUT2D eigenvalue weighted by molar-refractivity contribution is 7.90. The summed E-state index contributed by atoms with van der Waals surface area (Å²) in [5, 5.41) is 7.12. The highest BCUT2D eigenvalue weighted by Crippen LogP contribution is 2.17. The zero-order valence-corrected chi connectivity index (χ0v) is 18.9. The van der Waals surface area contributed by atoms with Crippen molar-refractivity contribution in [1.82, 2.24) is 19.2 Å². The number of rotatable bonds is 7. The van der Waals surface area contributed by atoms with Crippen molar-refractivity contribution >= 4 is 27.1 Å². The smallest absolute Gasteiger partial charge is 0.255 e. The second kappa shape index (κ2) is 8.95. The lowest BCUT2D eigenvalue weighted by molar-refractivity contribution is 0.102. The van der Waals surface area contributed by atoms with Crippen molar-refractivity contribution in [3.8, 4) is 0 Å². The monoisotopic (exact) mass is 471 g/mol. The molecule has 5 rings (SSSR count). The Labute approximate surface area is 196 Å². The maximum Gasteiger partial charge on any atom is 0.255 e. The lowest BCUT2D eigenvalue weighted by Gasteiger charge is -2.06. The van der Waals surface area contributed by atoms with Gasteiger partial charge in [-0.1, -0.05) is 36.4 Å². The number of sulfone groups is 1. The molecule has 0 saturated carbocycles. The van der Waals surface area contributed by atoms with Crippen LogP contribution in [0.25, 0.3) is 5.65 Å². The molecule has 0 fully saturated rings. The summed E-state index contributed by atoms with van der Waals surface area (Å²) in [7, 11) is -3.45. The normalized spacial score (nSPS) is 11.5. The molecular formula is C25H21N5O3S. The minimum atomic E-state index is -3.45. The van der Waals surface area contributed by atoms with Crippen LogP contribution in [-0.4, -0.2) is 33.5 Å². The van der Waals surface area contributed by atoms with Crippen LogP contribution in [0.4, 0.5) is 5.69 Å². The molecule has 5 aromatic rings. The highest BCUT2D eigenvalue weighted by Gasteiger charge is 2.15. The van der Waals surface area contributed by atoms with Gasteiger partial charge >= 0.3 is 0 Å². The van der Waals surface area contributed by atoms with Gasteiger partial charge in [0.15, 0.2) is 9.84 Å². The van der Waals surface area contributed by atoms with Crippen molar-refractivity contribution in [2.45, 2.75) is 17.2 Å². The lowest BCUT2D eigenvalue weighted by Crippen LogP contribution is -2.12. The Kier molecular flexibility index (Phi) is 5.69. The number of benzene rings is 2. The Hall–Kier alpha value is -4.24.